The number of carbonyl (C=O) groups excluding carboxylic acids is 1. The van der Waals surface area contributed by atoms with Gasteiger partial charge in [-0.25, -0.2) is 4.98 Å². The Morgan fingerprint density at radius 1 is 1.13 bits per heavy atom. The number of aromatic nitrogens is 2. The molecule has 1 atom stereocenters. The molecular weight excluding hydrogens is 429 g/mol. The lowest BCUT2D eigenvalue weighted by molar-refractivity contribution is -0.138. The van der Waals surface area contributed by atoms with Crippen LogP contribution in [0.25, 0.3) is 0 Å². The van der Waals surface area contributed by atoms with Crippen molar-refractivity contribution >= 4 is 23.2 Å². The molecule has 0 saturated carbocycles. The average Bonchev–Trinajstić information content (AvgIpc) is 2.78. The van der Waals surface area contributed by atoms with Crippen molar-refractivity contribution in [1.82, 2.24) is 15.3 Å². The molecule has 31 heavy (non-hydrogen) atoms. The van der Waals surface area contributed by atoms with Gasteiger partial charge in [0.2, 0.25) is 5.78 Å². The first-order chi connectivity index (χ1) is 14.8. The Kier molecular flexibility index (Phi) is 5.93. The minimum Gasteiger partial charge on any atom is -0.353 e. The summed E-state index contributed by atoms with van der Waals surface area (Å²) in [6, 6.07) is 13.3. The first kappa shape index (κ1) is 21.3. The molecule has 1 saturated heterocycles. The van der Waals surface area contributed by atoms with E-state index in [1.54, 1.807) is 0 Å². The topological polar surface area (TPSA) is 58.1 Å². The zero-order chi connectivity index (χ0) is 22.0. The van der Waals surface area contributed by atoms with Gasteiger partial charge in [-0.2, -0.15) is 13.2 Å². The summed E-state index contributed by atoms with van der Waals surface area (Å²) in [5.74, 6) is -0.562. The van der Waals surface area contributed by atoms with E-state index < -0.39 is 23.2 Å². The average molecular weight is 447 g/mol. The molecular formula is C22H18ClF3N4O. The third-order valence-corrected chi connectivity index (χ3v) is 5.28. The molecule has 1 fully saturated rings. The van der Waals surface area contributed by atoms with Gasteiger partial charge in [-0.1, -0.05) is 41.9 Å². The van der Waals surface area contributed by atoms with Crippen molar-refractivity contribution in [2.45, 2.75) is 12.2 Å². The lowest BCUT2D eigenvalue weighted by Crippen LogP contribution is -2.46. The number of ketones is 1. The maximum Gasteiger partial charge on any atom is 0.418 e. The van der Waals surface area contributed by atoms with E-state index in [4.69, 9.17) is 11.6 Å². The van der Waals surface area contributed by atoms with Gasteiger partial charge in [0, 0.05) is 43.6 Å². The minimum atomic E-state index is -4.72. The number of alkyl halides is 3. The molecule has 3 heterocycles. The van der Waals surface area contributed by atoms with Crippen LogP contribution in [-0.2, 0) is 6.18 Å². The SMILES string of the molecule is O=C(c1cncc(Cl)c1)c1nc(N2CCNC(c3ccccc3)C2)ccc1C(F)(F)F. The van der Waals surface area contributed by atoms with E-state index in [0.29, 0.717) is 25.5 Å². The van der Waals surface area contributed by atoms with Crippen LogP contribution >= 0.6 is 11.6 Å². The predicted molar refractivity (Wildman–Crippen MR) is 111 cm³/mol. The molecule has 9 heteroatoms. The fraction of sp³-hybridized carbons (Fsp3) is 0.227. The number of piperazine rings is 1. The van der Waals surface area contributed by atoms with Gasteiger partial charge < -0.3 is 10.2 Å². The molecule has 1 aliphatic rings. The maximum atomic E-state index is 13.6. The number of anilines is 1. The van der Waals surface area contributed by atoms with Gasteiger partial charge in [-0.05, 0) is 23.8 Å². The summed E-state index contributed by atoms with van der Waals surface area (Å²) in [5.41, 5.74) is -0.731. The second kappa shape index (κ2) is 8.64. The van der Waals surface area contributed by atoms with Crippen LogP contribution in [0.3, 0.4) is 0 Å². The molecule has 1 N–H and O–H groups in total. The summed E-state index contributed by atoms with van der Waals surface area (Å²) in [5, 5.41) is 3.56. The Morgan fingerprint density at radius 3 is 2.61 bits per heavy atom. The van der Waals surface area contributed by atoms with E-state index in [1.807, 2.05) is 35.2 Å². The zero-order valence-electron chi connectivity index (χ0n) is 16.2. The number of pyridine rings is 2. The lowest BCUT2D eigenvalue weighted by atomic mass is 10.0. The van der Waals surface area contributed by atoms with Crippen LogP contribution in [0.15, 0.2) is 60.9 Å². The molecule has 1 unspecified atom stereocenters. The standard InChI is InChI=1S/C22H18ClF3N4O/c23-16-10-15(11-27-12-16)21(31)20-17(22(24,25)26)6-7-19(29-20)30-9-8-28-18(13-30)14-4-2-1-3-5-14/h1-7,10-12,18,28H,8-9,13H2. The Bertz CT molecular complexity index is 1090. The van der Waals surface area contributed by atoms with E-state index in [9.17, 15) is 18.0 Å². The van der Waals surface area contributed by atoms with Crippen LogP contribution in [-0.4, -0.2) is 35.4 Å². The highest BCUT2D eigenvalue weighted by Crippen LogP contribution is 2.34. The Balaban J connectivity index is 1.69. The fourth-order valence-corrected chi connectivity index (χ4v) is 3.74. The van der Waals surface area contributed by atoms with Gasteiger partial charge in [0.15, 0.2) is 0 Å². The summed E-state index contributed by atoms with van der Waals surface area (Å²) in [6.45, 7) is 1.69. The Morgan fingerprint density at radius 2 is 1.90 bits per heavy atom. The second-order valence-electron chi connectivity index (χ2n) is 7.15. The maximum absolute atomic E-state index is 13.6. The van der Waals surface area contributed by atoms with Crippen LogP contribution in [0, 0.1) is 0 Å². The van der Waals surface area contributed by atoms with Crippen LogP contribution in [0.2, 0.25) is 5.02 Å². The van der Waals surface area contributed by atoms with Gasteiger partial charge >= 0.3 is 6.18 Å². The number of halogens is 4. The smallest absolute Gasteiger partial charge is 0.353 e. The van der Waals surface area contributed by atoms with Gasteiger partial charge in [0.25, 0.3) is 0 Å². The van der Waals surface area contributed by atoms with Crippen molar-refractivity contribution in [3.8, 4) is 0 Å². The summed E-state index contributed by atoms with van der Waals surface area (Å²) in [4.78, 5) is 22.7. The zero-order valence-corrected chi connectivity index (χ0v) is 17.0. The number of rotatable bonds is 4. The van der Waals surface area contributed by atoms with Crippen molar-refractivity contribution in [3.63, 3.8) is 0 Å². The number of carbonyl (C=O) groups is 1. The van der Waals surface area contributed by atoms with E-state index in [-0.39, 0.29) is 16.6 Å². The molecule has 1 aliphatic heterocycles. The molecule has 5 nitrogen and oxygen atoms in total. The van der Waals surface area contributed by atoms with Crippen LogP contribution in [0.4, 0.5) is 19.0 Å². The first-order valence-corrected chi connectivity index (χ1v) is 9.97. The number of benzene rings is 1. The quantitative estimate of drug-likeness (QED) is 0.597. The van der Waals surface area contributed by atoms with Crippen LogP contribution in [0.5, 0.6) is 0 Å². The van der Waals surface area contributed by atoms with Crippen molar-refractivity contribution in [2.75, 3.05) is 24.5 Å². The molecule has 4 rings (SSSR count). The lowest BCUT2D eigenvalue weighted by Gasteiger charge is -2.35. The highest BCUT2D eigenvalue weighted by atomic mass is 35.5. The number of hydrogen-bond donors (Lipinski definition) is 1. The van der Waals surface area contributed by atoms with Crippen LogP contribution < -0.4 is 10.2 Å². The number of hydrogen-bond acceptors (Lipinski definition) is 5. The highest BCUT2D eigenvalue weighted by Gasteiger charge is 2.37. The molecule has 0 aliphatic carbocycles. The molecule has 0 bridgehead atoms. The Labute approximate surface area is 181 Å². The molecule has 1 aromatic carbocycles. The largest absolute Gasteiger partial charge is 0.418 e. The number of nitrogens with one attached hydrogen (secondary N) is 1. The van der Waals surface area contributed by atoms with Crippen molar-refractivity contribution in [1.29, 1.82) is 0 Å². The second-order valence-corrected chi connectivity index (χ2v) is 7.58. The summed E-state index contributed by atoms with van der Waals surface area (Å²) in [6.07, 6.45) is -2.24. The molecule has 3 aromatic rings. The van der Waals surface area contributed by atoms with Crippen molar-refractivity contribution in [2.24, 2.45) is 0 Å². The Hall–Kier alpha value is -2.97. The van der Waals surface area contributed by atoms with Crippen molar-refractivity contribution in [3.05, 3.63) is 88.3 Å². The molecule has 0 amide bonds. The summed E-state index contributed by atoms with van der Waals surface area (Å²) >= 11 is 5.86. The van der Waals surface area contributed by atoms with Gasteiger partial charge in [0.1, 0.15) is 11.5 Å². The van der Waals surface area contributed by atoms with Crippen LogP contribution in [0.1, 0.15) is 33.2 Å². The predicted octanol–water partition coefficient (Wildman–Crippen LogP) is 4.53. The molecule has 160 valence electrons. The molecule has 2 aromatic heterocycles. The van der Waals surface area contributed by atoms with Crippen molar-refractivity contribution < 1.29 is 18.0 Å². The van der Waals surface area contributed by atoms with E-state index in [2.05, 4.69) is 15.3 Å². The van der Waals surface area contributed by atoms with Gasteiger partial charge in [-0.3, -0.25) is 9.78 Å². The van der Waals surface area contributed by atoms with Gasteiger partial charge in [-0.15, -0.1) is 0 Å². The van der Waals surface area contributed by atoms with E-state index in [0.717, 1.165) is 11.6 Å². The first-order valence-electron chi connectivity index (χ1n) is 9.59. The number of nitrogens with zero attached hydrogens (tertiary/aromatic N) is 3. The third-order valence-electron chi connectivity index (χ3n) is 5.07. The summed E-state index contributed by atoms with van der Waals surface area (Å²) < 4.78 is 40.8. The monoisotopic (exact) mass is 446 g/mol. The molecule has 0 spiro atoms. The minimum absolute atomic E-state index is 0.00433. The van der Waals surface area contributed by atoms with E-state index in [1.165, 1.54) is 24.5 Å². The molecule has 0 radical (unpaired) electrons. The summed E-state index contributed by atoms with van der Waals surface area (Å²) in [7, 11) is 0. The fourth-order valence-electron chi connectivity index (χ4n) is 3.57. The normalized spacial score (nSPS) is 16.9. The van der Waals surface area contributed by atoms with E-state index >= 15 is 0 Å². The third kappa shape index (κ3) is 4.70. The van der Waals surface area contributed by atoms with Gasteiger partial charge in [0.05, 0.1) is 10.6 Å². The highest BCUT2D eigenvalue weighted by molar-refractivity contribution is 6.31.